The third-order valence-corrected chi connectivity index (χ3v) is 8.78. The first kappa shape index (κ1) is 25.2. The molecule has 0 bridgehead atoms. The molecule has 2 atom stereocenters. The number of nitrogens with one attached hydrogen (secondary N) is 2. The highest BCUT2D eigenvalue weighted by atomic mass is 32.2. The Kier molecular flexibility index (Phi) is 7.81. The third kappa shape index (κ3) is 6.55. The van der Waals surface area contributed by atoms with Gasteiger partial charge in [-0.3, -0.25) is 9.52 Å². The van der Waals surface area contributed by atoms with Crippen LogP contribution in [-0.2, 0) is 20.0 Å². The molecule has 2 N–H and O–H groups in total. The molecule has 1 amide bonds. The largest absolute Gasteiger partial charge is 0.322 e. The molecule has 33 heavy (non-hydrogen) atoms. The maximum atomic E-state index is 13.1. The van der Waals surface area contributed by atoms with Crippen molar-refractivity contribution in [2.45, 2.75) is 38.5 Å². The summed E-state index contributed by atoms with van der Waals surface area (Å²) in [5.41, 5.74) is 1.09. The molecule has 2 unspecified atom stereocenters. The quantitative estimate of drug-likeness (QED) is 0.581. The number of carbonyl (C=O) groups is 1. The molecule has 1 aliphatic rings. The van der Waals surface area contributed by atoms with Gasteiger partial charge >= 0.3 is 0 Å². The minimum absolute atomic E-state index is 0.0278. The average molecular weight is 494 g/mol. The van der Waals surface area contributed by atoms with Crippen molar-refractivity contribution < 1.29 is 21.6 Å². The van der Waals surface area contributed by atoms with Crippen LogP contribution < -0.4 is 10.0 Å². The molecule has 3 rings (SSSR count). The van der Waals surface area contributed by atoms with Gasteiger partial charge in [0.05, 0.1) is 10.6 Å². The Morgan fingerprint density at radius 1 is 0.970 bits per heavy atom. The van der Waals surface area contributed by atoms with E-state index < -0.39 is 26.0 Å². The van der Waals surface area contributed by atoms with Crippen molar-refractivity contribution in [3.8, 4) is 0 Å². The lowest BCUT2D eigenvalue weighted by Gasteiger charge is -2.34. The number of rotatable bonds is 8. The van der Waals surface area contributed by atoms with Crippen LogP contribution in [0.1, 0.15) is 44.0 Å². The van der Waals surface area contributed by atoms with Crippen LogP contribution in [-0.4, -0.2) is 45.9 Å². The lowest BCUT2D eigenvalue weighted by Crippen LogP contribution is -2.42. The molecule has 1 aliphatic heterocycles. The molecule has 10 heteroatoms. The SMILES string of the molecule is CCCS(=O)(=O)Nc1ccc(NC(=O)c2cccc(S(=O)(=O)N3CC(C)CC(C)C3)c2)cc1. The summed E-state index contributed by atoms with van der Waals surface area (Å²) in [5, 5.41) is 2.72. The molecular weight excluding hydrogens is 462 g/mol. The van der Waals surface area contributed by atoms with E-state index in [1.165, 1.54) is 16.4 Å². The third-order valence-electron chi connectivity index (χ3n) is 5.46. The van der Waals surface area contributed by atoms with Crippen molar-refractivity contribution in [1.29, 1.82) is 0 Å². The monoisotopic (exact) mass is 493 g/mol. The van der Waals surface area contributed by atoms with Crippen molar-refractivity contribution >= 4 is 37.3 Å². The first-order valence-electron chi connectivity index (χ1n) is 11.0. The summed E-state index contributed by atoms with van der Waals surface area (Å²) in [6, 6.07) is 12.3. The van der Waals surface area contributed by atoms with E-state index in [4.69, 9.17) is 0 Å². The van der Waals surface area contributed by atoms with Crippen LogP contribution in [0.4, 0.5) is 11.4 Å². The second-order valence-electron chi connectivity index (χ2n) is 8.75. The minimum Gasteiger partial charge on any atom is -0.322 e. The summed E-state index contributed by atoms with van der Waals surface area (Å²) in [6.07, 6.45) is 1.50. The van der Waals surface area contributed by atoms with Crippen molar-refractivity contribution in [2.75, 3.05) is 28.9 Å². The predicted octanol–water partition coefficient (Wildman–Crippen LogP) is 3.76. The standard InChI is InChI=1S/C23H31N3O5S2/c1-4-12-32(28,29)25-21-10-8-20(9-11-21)24-23(27)19-6-5-7-22(14-19)33(30,31)26-15-17(2)13-18(3)16-26/h5-11,14,17-18,25H,4,12-13,15-16H2,1-3H3,(H,24,27). The van der Waals surface area contributed by atoms with Gasteiger partial charge in [0.1, 0.15) is 0 Å². The Labute approximate surface area is 196 Å². The molecule has 2 aromatic rings. The Hall–Kier alpha value is -2.43. The minimum atomic E-state index is -3.70. The van der Waals surface area contributed by atoms with Gasteiger partial charge in [0.25, 0.3) is 5.91 Å². The van der Waals surface area contributed by atoms with Gasteiger partial charge in [0.15, 0.2) is 0 Å². The zero-order valence-electron chi connectivity index (χ0n) is 19.1. The molecule has 0 aromatic heterocycles. The van der Waals surface area contributed by atoms with Crippen LogP contribution in [0.2, 0.25) is 0 Å². The highest BCUT2D eigenvalue weighted by Crippen LogP contribution is 2.27. The maximum absolute atomic E-state index is 13.1. The lowest BCUT2D eigenvalue weighted by molar-refractivity contribution is 0.102. The lowest BCUT2D eigenvalue weighted by atomic mass is 9.94. The summed E-state index contributed by atoms with van der Waals surface area (Å²) < 4.78 is 54.0. The van der Waals surface area contributed by atoms with Crippen LogP contribution in [0.25, 0.3) is 0 Å². The molecular formula is C23H31N3O5S2. The number of benzene rings is 2. The Balaban J connectivity index is 1.72. The Bertz CT molecular complexity index is 1180. The smallest absolute Gasteiger partial charge is 0.255 e. The zero-order chi connectivity index (χ0) is 24.2. The van der Waals surface area contributed by atoms with E-state index in [2.05, 4.69) is 10.0 Å². The predicted molar refractivity (Wildman–Crippen MR) is 130 cm³/mol. The molecule has 8 nitrogen and oxygen atoms in total. The summed E-state index contributed by atoms with van der Waals surface area (Å²) in [6.45, 7) is 6.81. The van der Waals surface area contributed by atoms with E-state index in [-0.39, 0.29) is 28.0 Å². The second kappa shape index (κ2) is 10.2. The van der Waals surface area contributed by atoms with Crippen LogP contribution in [0.3, 0.4) is 0 Å². The fraction of sp³-hybridized carbons (Fsp3) is 0.435. The number of anilines is 2. The molecule has 180 valence electrons. The summed E-state index contributed by atoms with van der Waals surface area (Å²) in [4.78, 5) is 12.8. The molecule has 1 saturated heterocycles. The number of nitrogens with zero attached hydrogens (tertiary/aromatic N) is 1. The van der Waals surface area contributed by atoms with E-state index in [0.717, 1.165) is 6.42 Å². The molecule has 0 aliphatic carbocycles. The second-order valence-corrected chi connectivity index (χ2v) is 12.5. The molecule has 0 saturated carbocycles. The number of sulfonamides is 2. The number of hydrogen-bond acceptors (Lipinski definition) is 5. The molecule has 0 radical (unpaired) electrons. The Morgan fingerprint density at radius 2 is 1.58 bits per heavy atom. The van der Waals surface area contributed by atoms with Gasteiger partial charge < -0.3 is 5.32 Å². The number of piperidine rings is 1. The van der Waals surface area contributed by atoms with Gasteiger partial charge in [-0.05, 0) is 67.1 Å². The van der Waals surface area contributed by atoms with Crippen LogP contribution in [0.5, 0.6) is 0 Å². The van der Waals surface area contributed by atoms with Crippen molar-refractivity contribution in [2.24, 2.45) is 11.8 Å². The first-order chi connectivity index (χ1) is 15.5. The number of amides is 1. The summed E-state index contributed by atoms with van der Waals surface area (Å²) in [7, 11) is -7.09. The molecule has 1 heterocycles. The fourth-order valence-electron chi connectivity index (χ4n) is 4.07. The van der Waals surface area contributed by atoms with E-state index in [1.54, 1.807) is 43.3 Å². The van der Waals surface area contributed by atoms with E-state index in [1.807, 2.05) is 13.8 Å². The van der Waals surface area contributed by atoms with Gasteiger partial charge in [-0.1, -0.05) is 26.8 Å². The van der Waals surface area contributed by atoms with Gasteiger partial charge in [-0.25, -0.2) is 16.8 Å². The Morgan fingerprint density at radius 3 is 2.18 bits per heavy atom. The van der Waals surface area contributed by atoms with E-state index in [0.29, 0.717) is 30.9 Å². The van der Waals surface area contributed by atoms with E-state index in [9.17, 15) is 21.6 Å². The van der Waals surface area contributed by atoms with E-state index >= 15 is 0 Å². The summed E-state index contributed by atoms with van der Waals surface area (Å²) >= 11 is 0. The highest BCUT2D eigenvalue weighted by Gasteiger charge is 2.32. The fourth-order valence-corrected chi connectivity index (χ4v) is 6.93. The number of hydrogen-bond donors (Lipinski definition) is 2. The van der Waals surface area contributed by atoms with Crippen molar-refractivity contribution in [3.63, 3.8) is 0 Å². The van der Waals surface area contributed by atoms with Crippen LogP contribution in [0.15, 0.2) is 53.4 Å². The molecule has 2 aromatic carbocycles. The number of carbonyl (C=O) groups excluding carboxylic acids is 1. The highest BCUT2D eigenvalue weighted by molar-refractivity contribution is 7.92. The average Bonchev–Trinajstić information content (AvgIpc) is 2.74. The zero-order valence-corrected chi connectivity index (χ0v) is 20.7. The van der Waals surface area contributed by atoms with Gasteiger partial charge in [-0.2, -0.15) is 4.31 Å². The van der Waals surface area contributed by atoms with Crippen molar-refractivity contribution in [1.82, 2.24) is 4.31 Å². The molecule has 0 spiro atoms. The summed E-state index contributed by atoms with van der Waals surface area (Å²) in [5.74, 6) is 0.139. The molecule has 1 fully saturated rings. The maximum Gasteiger partial charge on any atom is 0.255 e. The van der Waals surface area contributed by atoms with Gasteiger partial charge in [0.2, 0.25) is 20.0 Å². The van der Waals surface area contributed by atoms with Crippen LogP contribution >= 0.6 is 0 Å². The topological polar surface area (TPSA) is 113 Å². The van der Waals surface area contributed by atoms with Gasteiger partial charge in [-0.15, -0.1) is 0 Å². The van der Waals surface area contributed by atoms with Crippen molar-refractivity contribution in [3.05, 3.63) is 54.1 Å². The first-order valence-corrected chi connectivity index (χ1v) is 14.1. The van der Waals surface area contributed by atoms with Crippen LogP contribution in [0, 0.1) is 11.8 Å². The van der Waals surface area contributed by atoms with Gasteiger partial charge in [0, 0.05) is 30.0 Å². The normalized spacial score (nSPS) is 19.7.